The zero-order valence-corrected chi connectivity index (χ0v) is 11.0. The van der Waals surface area contributed by atoms with Crippen LogP contribution in [0.25, 0.3) is 0 Å². The van der Waals surface area contributed by atoms with Gasteiger partial charge in [0.1, 0.15) is 11.5 Å². The van der Waals surface area contributed by atoms with E-state index >= 15 is 0 Å². The third kappa shape index (κ3) is 2.41. The molecule has 4 nitrogen and oxygen atoms in total. The van der Waals surface area contributed by atoms with E-state index in [1.54, 1.807) is 0 Å². The van der Waals surface area contributed by atoms with Crippen molar-refractivity contribution in [3.63, 3.8) is 0 Å². The molecule has 0 amide bonds. The number of piperidine rings is 1. The summed E-state index contributed by atoms with van der Waals surface area (Å²) in [5, 5.41) is 0. The van der Waals surface area contributed by atoms with Crippen LogP contribution in [0.3, 0.4) is 0 Å². The fraction of sp³-hybridized carbons (Fsp3) is 0.692. The highest BCUT2D eigenvalue weighted by Crippen LogP contribution is 2.22. The van der Waals surface area contributed by atoms with Crippen molar-refractivity contribution in [2.75, 3.05) is 6.54 Å². The SMILES string of the molecule is Cc1nc(CN2CCC(=O)C(C)C2C)oc1C. The van der Waals surface area contributed by atoms with Gasteiger partial charge in [-0.05, 0) is 20.8 Å². The Morgan fingerprint density at radius 3 is 2.71 bits per heavy atom. The number of Topliss-reactive ketones (excluding diaryl/α,β-unsaturated/α-hetero) is 1. The van der Waals surface area contributed by atoms with Gasteiger partial charge in [0.25, 0.3) is 0 Å². The fourth-order valence-electron chi connectivity index (χ4n) is 2.27. The molecule has 4 heteroatoms. The third-order valence-corrected chi connectivity index (χ3v) is 3.86. The van der Waals surface area contributed by atoms with Gasteiger partial charge in [-0.2, -0.15) is 0 Å². The topological polar surface area (TPSA) is 46.3 Å². The molecule has 1 aliphatic rings. The molecule has 0 saturated carbocycles. The lowest BCUT2D eigenvalue weighted by molar-refractivity contribution is -0.128. The summed E-state index contributed by atoms with van der Waals surface area (Å²) < 4.78 is 5.59. The maximum absolute atomic E-state index is 11.6. The first kappa shape index (κ1) is 12.3. The van der Waals surface area contributed by atoms with E-state index in [9.17, 15) is 4.79 Å². The van der Waals surface area contributed by atoms with E-state index in [1.807, 2.05) is 20.8 Å². The van der Waals surface area contributed by atoms with Gasteiger partial charge in [-0.15, -0.1) is 0 Å². The first-order valence-electron chi connectivity index (χ1n) is 6.18. The number of oxazole rings is 1. The van der Waals surface area contributed by atoms with Crippen molar-refractivity contribution in [3.05, 3.63) is 17.3 Å². The van der Waals surface area contributed by atoms with E-state index < -0.39 is 0 Å². The van der Waals surface area contributed by atoms with Crippen LogP contribution in [0.1, 0.15) is 37.6 Å². The van der Waals surface area contributed by atoms with Gasteiger partial charge in [-0.1, -0.05) is 6.92 Å². The van der Waals surface area contributed by atoms with Gasteiger partial charge in [0.15, 0.2) is 0 Å². The second-order valence-corrected chi connectivity index (χ2v) is 4.97. The van der Waals surface area contributed by atoms with Crippen molar-refractivity contribution in [1.82, 2.24) is 9.88 Å². The van der Waals surface area contributed by atoms with Crippen molar-refractivity contribution in [3.8, 4) is 0 Å². The van der Waals surface area contributed by atoms with Gasteiger partial charge >= 0.3 is 0 Å². The number of rotatable bonds is 2. The number of likely N-dealkylation sites (tertiary alicyclic amines) is 1. The highest BCUT2D eigenvalue weighted by Gasteiger charge is 2.31. The minimum Gasteiger partial charge on any atom is -0.444 e. The van der Waals surface area contributed by atoms with Gasteiger partial charge in [-0.3, -0.25) is 9.69 Å². The van der Waals surface area contributed by atoms with E-state index in [2.05, 4.69) is 16.8 Å². The molecule has 94 valence electrons. The van der Waals surface area contributed by atoms with Crippen LogP contribution in [-0.2, 0) is 11.3 Å². The molecular formula is C13H20N2O2. The number of ketones is 1. The molecule has 0 N–H and O–H groups in total. The lowest BCUT2D eigenvalue weighted by atomic mass is 9.91. The Labute approximate surface area is 102 Å². The van der Waals surface area contributed by atoms with Gasteiger partial charge in [-0.25, -0.2) is 4.98 Å². The zero-order chi connectivity index (χ0) is 12.6. The van der Waals surface area contributed by atoms with Crippen molar-refractivity contribution in [1.29, 1.82) is 0 Å². The van der Waals surface area contributed by atoms with Crippen LogP contribution in [0, 0.1) is 19.8 Å². The van der Waals surface area contributed by atoms with Crippen LogP contribution in [0.2, 0.25) is 0 Å². The summed E-state index contributed by atoms with van der Waals surface area (Å²) in [5.41, 5.74) is 0.953. The molecule has 2 heterocycles. The Hall–Kier alpha value is -1.16. The van der Waals surface area contributed by atoms with Gasteiger partial charge < -0.3 is 4.42 Å². The van der Waals surface area contributed by atoms with Crippen LogP contribution in [0.5, 0.6) is 0 Å². The number of nitrogens with zero attached hydrogens (tertiary/aromatic N) is 2. The van der Waals surface area contributed by atoms with Gasteiger partial charge in [0.2, 0.25) is 5.89 Å². The number of carbonyl (C=O) groups excluding carboxylic acids is 1. The molecule has 0 bridgehead atoms. The molecule has 1 aliphatic heterocycles. The molecule has 1 saturated heterocycles. The molecule has 17 heavy (non-hydrogen) atoms. The normalized spacial score (nSPS) is 26.5. The molecule has 1 aromatic rings. The first-order chi connectivity index (χ1) is 7.99. The van der Waals surface area contributed by atoms with E-state index in [-0.39, 0.29) is 12.0 Å². The minimum absolute atomic E-state index is 0.112. The summed E-state index contributed by atoms with van der Waals surface area (Å²) in [5.74, 6) is 2.12. The van der Waals surface area contributed by atoms with E-state index in [0.29, 0.717) is 18.7 Å². The van der Waals surface area contributed by atoms with Crippen molar-refractivity contribution in [2.45, 2.75) is 46.7 Å². The Kier molecular flexibility index (Phi) is 3.33. The van der Waals surface area contributed by atoms with Crippen LogP contribution in [0.4, 0.5) is 0 Å². The monoisotopic (exact) mass is 236 g/mol. The van der Waals surface area contributed by atoms with E-state index in [4.69, 9.17) is 4.42 Å². The average Bonchev–Trinajstić information content (AvgIpc) is 2.59. The quantitative estimate of drug-likeness (QED) is 0.788. The Morgan fingerprint density at radius 1 is 1.41 bits per heavy atom. The lowest BCUT2D eigenvalue weighted by Crippen LogP contribution is -2.46. The maximum atomic E-state index is 11.6. The van der Waals surface area contributed by atoms with E-state index in [0.717, 1.165) is 23.9 Å². The summed E-state index contributed by atoms with van der Waals surface area (Å²) in [6.07, 6.45) is 0.643. The van der Waals surface area contributed by atoms with Gasteiger partial charge in [0, 0.05) is 24.9 Å². The lowest BCUT2D eigenvalue weighted by Gasteiger charge is -2.35. The molecule has 1 fully saturated rings. The predicted molar refractivity (Wildman–Crippen MR) is 64.6 cm³/mol. The fourth-order valence-corrected chi connectivity index (χ4v) is 2.27. The molecule has 2 rings (SSSR count). The number of hydrogen-bond acceptors (Lipinski definition) is 4. The Bertz CT molecular complexity index is 406. The number of hydrogen-bond donors (Lipinski definition) is 0. The summed E-state index contributed by atoms with van der Waals surface area (Å²) >= 11 is 0. The third-order valence-electron chi connectivity index (χ3n) is 3.86. The average molecular weight is 236 g/mol. The van der Waals surface area contributed by atoms with Crippen LogP contribution >= 0.6 is 0 Å². The zero-order valence-electron chi connectivity index (χ0n) is 11.0. The highest BCUT2D eigenvalue weighted by molar-refractivity contribution is 5.82. The maximum Gasteiger partial charge on any atom is 0.208 e. The second-order valence-electron chi connectivity index (χ2n) is 4.97. The molecule has 2 atom stereocenters. The van der Waals surface area contributed by atoms with Crippen LogP contribution in [0.15, 0.2) is 4.42 Å². The summed E-state index contributed by atoms with van der Waals surface area (Å²) in [7, 11) is 0. The predicted octanol–water partition coefficient (Wildman–Crippen LogP) is 2.09. The minimum atomic E-state index is 0.112. The molecule has 0 radical (unpaired) electrons. The standard InChI is InChI=1S/C13H20N2O2/c1-8-10(3)15(6-5-12(8)16)7-13-14-9(2)11(4)17-13/h8,10H,5-7H2,1-4H3. The molecule has 0 aliphatic carbocycles. The van der Waals surface area contributed by atoms with Crippen LogP contribution in [-0.4, -0.2) is 28.3 Å². The molecule has 0 aromatic carbocycles. The largest absolute Gasteiger partial charge is 0.444 e. The molecular weight excluding hydrogens is 216 g/mol. The number of aromatic nitrogens is 1. The number of carbonyl (C=O) groups is 1. The highest BCUT2D eigenvalue weighted by atomic mass is 16.4. The number of aryl methyl sites for hydroxylation is 2. The Balaban J connectivity index is 2.06. The summed E-state index contributed by atoms with van der Waals surface area (Å²) in [4.78, 5) is 18.3. The molecule has 2 unspecified atom stereocenters. The molecule has 1 aromatic heterocycles. The summed E-state index contributed by atoms with van der Waals surface area (Å²) in [6, 6.07) is 0.267. The smallest absolute Gasteiger partial charge is 0.208 e. The van der Waals surface area contributed by atoms with Crippen molar-refractivity contribution < 1.29 is 9.21 Å². The second kappa shape index (κ2) is 4.61. The van der Waals surface area contributed by atoms with Crippen molar-refractivity contribution >= 4 is 5.78 Å². The van der Waals surface area contributed by atoms with Gasteiger partial charge in [0.05, 0.1) is 12.2 Å². The van der Waals surface area contributed by atoms with Crippen LogP contribution < -0.4 is 0 Å². The van der Waals surface area contributed by atoms with E-state index in [1.165, 1.54) is 0 Å². The summed E-state index contributed by atoms with van der Waals surface area (Å²) in [6.45, 7) is 9.50. The van der Waals surface area contributed by atoms with Crippen molar-refractivity contribution in [2.24, 2.45) is 5.92 Å². The first-order valence-corrected chi connectivity index (χ1v) is 6.18. The Morgan fingerprint density at radius 2 is 2.12 bits per heavy atom. The molecule has 0 spiro atoms.